The third kappa shape index (κ3) is 4.02. The summed E-state index contributed by atoms with van der Waals surface area (Å²) in [7, 11) is 1.51. The van der Waals surface area contributed by atoms with Gasteiger partial charge < -0.3 is 15.2 Å². The van der Waals surface area contributed by atoms with Crippen molar-refractivity contribution in [1.82, 2.24) is 4.98 Å². The number of pyridine rings is 1. The molecule has 1 aliphatic heterocycles. The first-order valence-corrected chi connectivity index (χ1v) is 9.18. The number of amidine groups is 1. The van der Waals surface area contributed by atoms with E-state index in [2.05, 4.69) is 9.98 Å². The van der Waals surface area contributed by atoms with Gasteiger partial charge in [0.15, 0.2) is 5.78 Å². The van der Waals surface area contributed by atoms with Crippen LogP contribution in [0.25, 0.3) is 0 Å². The van der Waals surface area contributed by atoms with Gasteiger partial charge in [0.25, 0.3) is 0 Å². The number of alkyl halides is 3. The van der Waals surface area contributed by atoms with Crippen LogP contribution in [0.15, 0.2) is 47.6 Å². The van der Waals surface area contributed by atoms with Crippen LogP contribution in [0.2, 0.25) is 0 Å². The summed E-state index contributed by atoms with van der Waals surface area (Å²) in [4.78, 5) is 20.7. The number of benzene rings is 1. The summed E-state index contributed by atoms with van der Waals surface area (Å²) < 4.78 is 50.1. The molecule has 0 saturated heterocycles. The molecule has 0 saturated carbocycles. The predicted octanol–water partition coefficient (Wildman–Crippen LogP) is 3.44. The van der Waals surface area contributed by atoms with E-state index < -0.39 is 23.2 Å². The molecule has 6 nitrogen and oxygen atoms in total. The van der Waals surface area contributed by atoms with E-state index in [1.54, 1.807) is 43.3 Å². The van der Waals surface area contributed by atoms with Gasteiger partial charge in [0.2, 0.25) is 5.60 Å². The minimum atomic E-state index is -4.68. The standard InChI is InChI=1S/C21H22F3N3O3/c1-19(12-30-20(2,18(25)27-19)21(22,23)24)14-6-4-5-13(9-14)10-17(28)16-8-7-15(29-3)11-26-16/h4-9,11H,10,12H2,1-3H3,(H2,25,27)/t19-,20+/m0/s1. The Kier molecular flexibility index (Phi) is 5.60. The summed E-state index contributed by atoms with van der Waals surface area (Å²) in [5.74, 6) is -0.291. The molecule has 0 fully saturated rings. The molecule has 0 unspecified atom stereocenters. The molecular formula is C21H22F3N3O3. The van der Waals surface area contributed by atoms with Gasteiger partial charge in [0.1, 0.15) is 22.8 Å². The number of aromatic nitrogens is 1. The monoisotopic (exact) mass is 421 g/mol. The van der Waals surface area contributed by atoms with Gasteiger partial charge in [-0.1, -0.05) is 24.3 Å². The number of nitrogens with two attached hydrogens (primary N) is 1. The van der Waals surface area contributed by atoms with Crippen LogP contribution < -0.4 is 10.5 Å². The van der Waals surface area contributed by atoms with Crippen molar-refractivity contribution in [2.45, 2.75) is 37.6 Å². The maximum atomic E-state index is 13.3. The molecule has 2 heterocycles. The van der Waals surface area contributed by atoms with Crippen molar-refractivity contribution in [2.75, 3.05) is 13.7 Å². The Bertz CT molecular complexity index is 975. The van der Waals surface area contributed by atoms with Crippen LogP contribution in [0.5, 0.6) is 5.75 Å². The maximum Gasteiger partial charge on any atom is 0.424 e. The molecule has 1 aliphatic rings. The molecule has 0 spiro atoms. The lowest BCUT2D eigenvalue weighted by Gasteiger charge is -2.41. The highest BCUT2D eigenvalue weighted by molar-refractivity contribution is 5.95. The van der Waals surface area contributed by atoms with E-state index >= 15 is 0 Å². The second kappa shape index (κ2) is 7.71. The smallest absolute Gasteiger partial charge is 0.424 e. The quantitative estimate of drug-likeness (QED) is 0.748. The van der Waals surface area contributed by atoms with Gasteiger partial charge in [-0.2, -0.15) is 13.2 Å². The molecule has 3 rings (SSSR count). The highest BCUT2D eigenvalue weighted by Gasteiger charge is 2.58. The van der Waals surface area contributed by atoms with Crippen LogP contribution in [-0.2, 0) is 16.7 Å². The molecule has 1 aromatic heterocycles. The highest BCUT2D eigenvalue weighted by atomic mass is 19.4. The lowest BCUT2D eigenvalue weighted by Crippen LogP contribution is -2.60. The number of halogens is 3. The van der Waals surface area contributed by atoms with Gasteiger partial charge in [-0.3, -0.25) is 9.79 Å². The Morgan fingerprint density at radius 3 is 2.57 bits per heavy atom. The topological polar surface area (TPSA) is 86.8 Å². The van der Waals surface area contributed by atoms with E-state index in [-0.39, 0.29) is 24.5 Å². The van der Waals surface area contributed by atoms with E-state index in [0.29, 0.717) is 16.9 Å². The summed E-state index contributed by atoms with van der Waals surface area (Å²) in [5.41, 5.74) is 3.50. The molecule has 2 atom stereocenters. The number of rotatable bonds is 5. The summed E-state index contributed by atoms with van der Waals surface area (Å²) in [6, 6.07) is 10.1. The molecule has 30 heavy (non-hydrogen) atoms. The largest absolute Gasteiger partial charge is 0.495 e. The van der Waals surface area contributed by atoms with E-state index in [1.807, 2.05) is 0 Å². The number of methoxy groups -OCH3 is 1. The SMILES string of the molecule is COc1ccc(C(=O)Cc2cccc([C@]3(C)CO[C@@](C)(C(F)(F)F)C(N)=N3)c2)nc1. The van der Waals surface area contributed by atoms with Crippen LogP contribution in [0, 0.1) is 0 Å². The second-order valence-corrected chi connectivity index (χ2v) is 7.47. The number of nitrogens with zero attached hydrogens (tertiary/aromatic N) is 2. The first-order valence-electron chi connectivity index (χ1n) is 9.18. The molecule has 2 N–H and O–H groups in total. The Labute approximate surface area is 171 Å². The number of Topliss-reactive ketones (excluding diaryl/α,β-unsaturated/α-hetero) is 1. The van der Waals surface area contributed by atoms with Crippen LogP contribution in [0.3, 0.4) is 0 Å². The minimum Gasteiger partial charge on any atom is -0.495 e. The Morgan fingerprint density at radius 1 is 1.27 bits per heavy atom. The van der Waals surface area contributed by atoms with E-state index in [9.17, 15) is 18.0 Å². The fourth-order valence-electron chi connectivity index (χ4n) is 3.10. The third-order valence-corrected chi connectivity index (χ3v) is 5.21. The summed E-state index contributed by atoms with van der Waals surface area (Å²) in [5, 5.41) is 0. The van der Waals surface area contributed by atoms with Gasteiger partial charge in [-0.25, -0.2) is 4.98 Å². The lowest BCUT2D eigenvalue weighted by molar-refractivity contribution is -0.249. The van der Waals surface area contributed by atoms with Crippen LogP contribution in [0.1, 0.15) is 35.5 Å². The van der Waals surface area contributed by atoms with Crippen molar-refractivity contribution in [3.63, 3.8) is 0 Å². The average Bonchev–Trinajstić information content (AvgIpc) is 2.70. The van der Waals surface area contributed by atoms with Crippen LogP contribution in [-0.4, -0.2) is 42.1 Å². The maximum absolute atomic E-state index is 13.3. The fraction of sp³-hybridized carbons (Fsp3) is 0.381. The van der Waals surface area contributed by atoms with Crippen LogP contribution in [0.4, 0.5) is 13.2 Å². The number of ether oxygens (including phenoxy) is 2. The normalized spacial score (nSPS) is 24.3. The zero-order chi connectivity index (χ0) is 22.2. The van der Waals surface area contributed by atoms with Crippen LogP contribution >= 0.6 is 0 Å². The molecule has 1 aromatic carbocycles. The predicted molar refractivity (Wildman–Crippen MR) is 105 cm³/mol. The first kappa shape index (κ1) is 21.8. The Morgan fingerprint density at radius 2 is 2.00 bits per heavy atom. The van der Waals surface area contributed by atoms with Gasteiger partial charge in [-0.15, -0.1) is 0 Å². The number of hydrogen-bond acceptors (Lipinski definition) is 6. The number of aliphatic imine (C=N–C) groups is 1. The van der Waals surface area contributed by atoms with E-state index in [1.165, 1.54) is 13.3 Å². The highest BCUT2D eigenvalue weighted by Crippen LogP contribution is 2.40. The third-order valence-electron chi connectivity index (χ3n) is 5.21. The van der Waals surface area contributed by atoms with Crippen molar-refractivity contribution in [3.8, 4) is 5.75 Å². The van der Waals surface area contributed by atoms with Crippen molar-refractivity contribution < 1.29 is 27.4 Å². The molecule has 0 aliphatic carbocycles. The Balaban J connectivity index is 1.84. The lowest BCUT2D eigenvalue weighted by atomic mass is 9.88. The van der Waals surface area contributed by atoms with Crippen molar-refractivity contribution in [1.29, 1.82) is 0 Å². The van der Waals surface area contributed by atoms with Gasteiger partial charge >= 0.3 is 6.18 Å². The zero-order valence-electron chi connectivity index (χ0n) is 16.8. The average molecular weight is 421 g/mol. The molecule has 0 bridgehead atoms. The van der Waals surface area contributed by atoms with E-state index in [4.69, 9.17) is 15.2 Å². The number of ketones is 1. The summed E-state index contributed by atoms with van der Waals surface area (Å²) in [6.45, 7) is 2.20. The second-order valence-electron chi connectivity index (χ2n) is 7.47. The van der Waals surface area contributed by atoms with Crippen molar-refractivity contribution in [2.24, 2.45) is 10.7 Å². The molecule has 0 amide bonds. The summed E-state index contributed by atoms with van der Waals surface area (Å²) in [6.07, 6.45) is -3.15. The fourth-order valence-corrected chi connectivity index (χ4v) is 3.10. The molecule has 9 heteroatoms. The van der Waals surface area contributed by atoms with Crippen molar-refractivity contribution >= 4 is 11.6 Å². The first-order chi connectivity index (χ1) is 14.0. The van der Waals surface area contributed by atoms with E-state index in [0.717, 1.165) is 6.92 Å². The Hall–Kier alpha value is -2.94. The number of carbonyl (C=O) groups is 1. The molecule has 160 valence electrons. The number of carbonyl (C=O) groups excluding carboxylic acids is 1. The zero-order valence-corrected chi connectivity index (χ0v) is 16.8. The summed E-state index contributed by atoms with van der Waals surface area (Å²) >= 11 is 0. The van der Waals surface area contributed by atoms with Crippen molar-refractivity contribution in [3.05, 3.63) is 59.4 Å². The minimum absolute atomic E-state index is 0.0730. The van der Waals surface area contributed by atoms with Gasteiger partial charge in [0.05, 0.1) is 19.9 Å². The molecule has 0 radical (unpaired) electrons. The molecule has 2 aromatic rings. The number of hydrogen-bond donors (Lipinski definition) is 1. The van der Waals surface area contributed by atoms with Gasteiger partial charge in [-0.05, 0) is 37.1 Å². The molecular weight excluding hydrogens is 399 g/mol. The van der Waals surface area contributed by atoms with Gasteiger partial charge in [0, 0.05) is 6.42 Å².